The third-order valence-electron chi connectivity index (χ3n) is 0.399. The molecule has 8 heavy (non-hydrogen) atoms. The fourth-order valence-corrected chi connectivity index (χ4v) is 0.130. The zero-order valence-corrected chi connectivity index (χ0v) is 4.33. The molecule has 50 valence electrons. The molecule has 0 aliphatic carbocycles. The summed E-state index contributed by atoms with van der Waals surface area (Å²) in [5.74, 6) is 0. The summed E-state index contributed by atoms with van der Waals surface area (Å²) >= 11 is -1.02. The Labute approximate surface area is 47.5 Å². The lowest BCUT2D eigenvalue weighted by atomic mass is 10.7. The lowest BCUT2D eigenvalue weighted by Gasteiger charge is -2.09. The molecule has 0 aromatic heterocycles. The average Bonchev–Trinajstić information content (AvgIpc) is 1.67. The zero-order valence-electron chi connectivity index (χ0n) is 3.51. The van der Waals surface area contributed by atoms with Crippen molar-refractivity contribution in [2.24, 2.45) is 0 Å². The largest absolute Gasteiger partial charge is 0.372 e. The molecular weight excluding hydrogens is 145 g/mol. The van der Waals surface area contributed by atoms with Crippen LogP contribution < -0.4 is 0 Å². The summed E-state index contributed by atoms with van der Waals surface area (Å²) in [4.78, 5) is 0. The Hall–Kier alpha value is 0.0600. The second-order valence-electron chi connectivity index (χ2n) is 0.989. The van der Waals surface area contributed by atoms with E-state index in [9.17, 15) is 13.2 Å². The summed E-state index contributed by atoms with van der Waals surface area (Å²) in [6.07, 6.45) is -3.31. The zero-order chi connectivity index (χ0) is 6.78. The molecule has 0 bridgehead atoms. The molecule has 0 heterocycles. The maximum absolute atomic E-state index is 11.4. The Balaban J connectivity index is 3.71. The quantitative estimate of drug-likeness (QED) is 0.575. The minimum atomic E-state index is -4.10. The molecule has 0 radical (unpaired) electrons. The van der Waals surface area contributed by atoms with E-state index in [1.807, 2.05) is 0 Å². The van der Waals surface area contributed by atoms with Crippen LogP contribution in [0.5, 0.6) is 0 Å². The van der Waals surface area contributed by atoms with Crippen molar-refractivity contribution in [3.63, 3.8) is 0 Å². The summed E-state index contributed by atoms with van der Waals surface area (Å²) in [6, 6.07) is 0. The highest BCUT2D eigenvalue weighted by Crippen LogP contribution is 2.30. The fourth-order valence-electron chi connectivity index (χ4n) is 0.0435. The molecule has 0 aromatic rings. The highest BCUT2D eigenvalue weighted by molar-refractivity contribution is 7.94. The molecule has 0 saturated heterocycles. The average molecular weight is 148 g/mol. The molecule has 0 spiro atoms. The number of halogens is 3. The van der Waals surface area contributed by atoms with Crippen molar-refractivity contribution in [2.45, 2.75) is 11.6 Å². The molecule has 0 fully saturated rings. The minimum absolute atomic E-state index is 1.02. The van der Waals surface area contributed by atoms with Crippen LogP contribution in [0.15, 0.2) is 0 Å². The molecule has 1 atom stereocenters. The van der Waals surface area contributed by atoms with E-state index in [-0.39, 0.29) is 0 Å². The van der Waals surface area contributed by atoms with Crippen molar-refractivity contribution < 1.29 is 22.8 Å². The van der Waals surface area contributed by atoms with E-state index in [4.69, 9.17) is 9.66 Å². The SMILES string of the molecule is OSC(F)(F)C(O)F. The second-order valence-corrected chi connectivity index (χ2v) is 1.72. The third-order valence-corrected chi connectivity index (χ3v) is 0.837. The van der Waals surface area contributed by atoms with Gasteiger partial charge >= 0.3 is 5.25 Å². The Morgan fingerprint density at radius 1 is 1.50 bits per heavy atom. The van der Waals surface area contributed by atoms with Gasteiger partial charge in [0.15, 0.2) is 0 Å². The van der Waals surface area contributed by atoms with Crippen LogP contribution in [0.3, 0.4) is 0 Å². The third kappa shape index (κ3) is 1.89. The van der Waals surface area contributed by atoms with Crippen LogP contribution in [0.1, 0.15) is 0 Å². The van der Waals surface area contributed by atoms with E-state index < -0.39 is 23.7 Å². The van der Waals surface area contributed by atoms with Crippen LogP contribution in [0, 0.1) is 0 Å². The molecule has 2 nitrogen and oxygen atoms in total. The second kappa shape index (κ2) is 2.56. The van der Waals surface area contributed by atoms with Gasteiger partial charge in [-0.25, -0.2) is 4.39 Å². The number of hydrogen-bond acceptors (Lipinski definition) is 3. The van der Waals surface area contributed by atoms with Gasteiger partial charge in [0, 0.05) is 0 Å². The molecule has 0 saturated carbocycles. The maximum atomic E-state index is 11.4. The van der Waals surface area contributed by atoms with E-state index in [1.54, 1.807) is 0 Å². The summed E-state index contributed by atoms with van der Waals surface area (Å²) in [5.41, 5.74) is 0. The normalized spacial score (nSPS) is 16.1. The van der Waals surface area contributed by atoms with Crippen molar-refractivity contribution in [2.75, 3.05) is 0 Å². The molecule has 6 heteroatoms. The summed E-state index contributed by atoms with van der Waals surface area (Å²) in [7, 11) is 0. The monoisotopic (exact) mass is 148 g/mol. The number of alkyl halides is 3. The number of aliphatic hydroxyl groups excluding tert-OH is 1. The smallest absolute Gasteiger partial charge is 0.359 e. The minimum Gasteiger partial charge on any atom is -0.359 e. The highest BCUT2D eigenvalue weighted by atomic mass is 32.2. The number of aliphatic hydroxyl groups is 1. The van der Waals surface area contributed by atoms with Crippen molar-refractivity contribution >= 4 is 12.0 Å². The maximum Gasteiger partial charge on any atom is 0.372 e. The first-order chi connectivity index (χ1) is 3.50. The topological polar surface area (TPSA) is 40.5 Å². The van der Waals surface area contributed by atoms with E-state index in [0.717, 1.165) is 0 Å². The van der Waals surface area contributed by atoms with Crippen molar-refractivity contribution in [1.29, 1.82) is 0 Å². The van der Waals surface area contributed by atoms with E-state index >= 15 is 0 Å². The molecule has 1 unspecified atom stereocenters. The van der Waals surface area contributed by atoms with Gasteiger partial charge in [-0.15, -0.1) is 0 Å². The predicted molar refractivity (Wildman–Crippen MR) is 22.3 cm³/mol. The summed E-state index contributed by atoms with van der Waals surface area (Å²) in [6.45, 7) is 0. The van der Waals surface area contributed by atoms with Gasteiger partial charge < -0.3 is 9.66 Å². The van der Waals surface area contributed by atoms with Gasteiger partial charge in [-0.1, -0.05) is 0 Å². The van der Waals surface area contributed by atoms with Gasteiger partial charge in [0.2, 0.25) is 0 Å². The lowest BCUT2D eigenvalue weighted by molar-refractivity contribution is -0.110. The van der Waals surface area contributed by atoms with Crippen LogP contribution in [-0.2, 0) is 0 Å². The van der Waals surface area contributed by atoms with Crippen LogP contribution in [-0.4, -0.2) is 21.3 Å². The summed E-state index contributed by atoms with van der Waals surface area (Å²) in [5, 5.41) is 3.39. The highest BCUT2D eigenvalue weighted by Gasteiger charge is 2.39. The van der Waals surface area contributed by atoms with E-state index in [2.05, 4.69) is 0 Å². The Morgan fingerprint density at radius 2 is 1.88 bits per heavy atom. The van der Waals surface area contributed by atoms with Crippen LogP contribution in [0.2, 0.25) is 0 Å². The number of hydrogen-bond donors (Lipinski definition) is 2. The van der Waals surface area contributed by atoms with Gasteiger partial charge in [-0.2, -0.15) is 8.78 Å². The predicted octanol–water partition coefficient (Wildman–Crippen LogP) is 1.07. The molecule has 2 N–H and O–H groups in total. The van der Waals surface area contributed by atoms with Gasteiger partial charge in [0.1, 0.15) is 0 Å². The van der Waals surface area contributed by atoms with E-state index in [0.29, 0.717) is 0 Å². The van der Waals surface area contributed by atoms with Gasteiger partial charge in [-0.3, -0.25) is 0 Å². The fraction of sp³-hybridized carbons (Fsp3) is 1.00. The van der Waals surface area contributed by atoms with Crippen LogP contribution >= 0.6 is 12.0 Å². The van der Waals surface area contributed by atoms with Crippen molar-refractivity contribution in [3.8, 4) is 0 Å². The first kappa shape index (κ1) is 8.06. The first-order valence-corrected chi connectivity index (χ1v) is 2.30. The van der Waals surface area contributed by atoms with Gasteiger partial charge in [-0.05, 0) is 0 Å². The number of rotatable bonds is 2. The molecule has 0 aromatic carbocycles. The Kier molecular flexibility index (Phi) is 2.58. The van der Waals surface area contributed by atoms with Crippen molar-refractivity contribution in [1.82, 2.24) is 0 Å². The van der Waals surface area contributed by atoms with Crippen molar-refractivity contribution in [3.05, 3.63) is 0 Å². The van der Waals surface area contributed by atoms with E-state index in [1.165, 1.54) is 0 Å². The first-order valence-electron chi connectivity index (χ1n) is 1.53. The Morgan fingerprint density at radius 3 is 1.88 bits per heavy atom. The molecule has 0 rings (SSSR count). The van der Waals surface area contributed by atoms with Crippen LogP contribution in [0.4, 0.5) is 13.2 Å². The Bertz CT molecular complexity index is 75.7. The molecule has 0 aliphatic heterocycles. The summed E-state index contributed by atoms with van der Waals surface area (Å²) < 4.78 is 41.4. The lowest BCUT2D eigenvalue weighted by Crippen LogP contribution is -2.24. The molecular formula is C2H3F3O2S. The molecule has 0 amide bonds. The van der Waals surface area contributed by atoms with Crippen LogP contribution in [0.25, 0.3) is 0 Å². The standard InChI is InChI=1S/C2H3F3O2S/c3-1(6)2(4,5)8-7/h1,6-7H. The van der Waals surface area contributed by atoms with Gasteiger partial charge in [0.05, 0.1) is 12.0 Å². The van der Waals surface area contributed by atoms with Gasteiger partial charge in [0.25, 0.3) is 6.36 Å². The molecule has 0 aliphatic rings.